The minimum atomic E-state index is -0.120. The summed E-state index contributed by atoms with van der Waals surface area (Å²) in [5.41, 5.74) is 2.60. The molecule has 3 aromatic rings. The lowest BCUT2D eigenvalue weighted by Crippen LogP contribution is -2.26. The van der Waals surface area contributed by atoms with E-state index >= 15 is 0 Å². The molecule has 2 aromatic carbocycles. The van der Waals surface area contributed by atoms with E-state index in [4.69, 9.17) is 0 Å². The minimum Gasteiger partial charge on any atom is -0.325 e. The molecule has 152 valence electrons. The number of hydrogen-bond acceptors (Lipinski definition) is 4. The van der Waals surface area contributed by atoms with E-state index in [1.165, 1.54) is 17.3 Å². The first-order valence-corrected chi connectivity index (χ1v) is 10.9. The standard InChI is InChI=1S/C23H27N3O2S/c1-15(2)13-26-22(28)19-7-5-6-8-20(19)25-23(26)29-14-21(27)24-18-11-9-17(10-12-18)16(3)4/h5-12,15-16H,13-14H2,1-4H3,(H,24,27). The molecule has 0 bridgehead atoms. The Morgan fingerprint density at radius 2 is 1.76 bits per heavy atom. The van der Waals surface area contributed by atoms with Gasteiger partial charge < -0.3 is 5.32 Å². The smallest absolute Gasteiger partial charge is 0.262 e. The van der Waals surface area contributed by atoms with E-state index in [0.29, 0.717) is 34.4 Å². The van der Waals surface area contributed by atoms with Crippen LogP contribution >= 0.6 is 11.8 Å². The molecule has 1 heterocycles. The van der Waals surface area contributed by atoms with Crippen LogP contribution in [0.3, 0.4) is 0 Å². The van der Waals surface area contributed by atoms with Crippen LogP contribution in [0.15, 0.2) is 58.5 Å². The Morgan fingerprint density at radius 3 is 2.41 bits per heavy atom. The maximum atomic E-state index is 12.9. The number of para-hydroxylation sites is 1. The highest BCUT2D eigenvalue weighted by Crippen LogP contribution is 2.20. The van der Waals surface area contributed by atoms with Gasteiger partial charge in [0.2, 0.25) is 5.91 Å². The average molecular weight is 410 g/mol. The molecule has 0 atom stereocenters. The number of rotatable bonds is 7. The van der Waals surface area contributed by atoms with Crippen molar-refractivity contribution in [2.75, 3.05) is 11.1 Å². The van der Waals surface area contributed by atoms with Crippen LogP contribution in [-0.4, -0.2) is 21.2 Å². The molecule has 0 aliphatic rings. The van der Waals surface area contributed by atoms with Gasteiger partial charge in [-0.15, -0.1) is 0 Å². The van der Waals surface area contributed by atoms with Crippen molar-refractivity contribution in [2.45, 2.75) is 45.3 Å². The number of aromatic nitrogens is 2. The number of hydrogen-bond donors (Lipinski definition) is 1. The predicted octanol–water partition coefficient (Wildman–Crippen LogP) is 4.91. The fourth-order valence-electron chi connectivity index (χ4n) is 3.06. The summed E-state index contributed by atoms with van der Waals surface area (Å²) in [4.78, 5) is 30.0. The zero-order chi connectivity index (χ0) is 21.0. The SMILES string of the molecule is CC(C)Cn1c(SCC(=O)Nc2ccc(C(C)C)cc2)nc2ccccc2c1=O. The van der Waals surface area contributed by atoms with Crippen molar-refractivity contribution in [3.8, 4) is 0 Å². The van der Waals surface area contributed by atoms with E-state index in [-0.39, 0.29) is 17.2 Å². The molecule has 1 N–H and O–H groups in total. The van der Waals surface area contributed by atoms with E-state index in [0.717, 1.165) is 5.69 Å². The van der Waals surface area contributed by atoms with Gasteiger partial charge in [-0.1, -0.05) is 63.7 Å². The Bertz CT molecular complexity index is 1060. The highest BCUT2D eigenvalue weighted by Gasteiger charge is 2.14. The molecule has 1 amide bonds. The van der Waals surface area contributed by atoms with Crippen LogP contribution in [0.5, 0.6) is 0 Å². The number of thioether (sulfide) groups is 1. The summed E-state index contributed by atoms with van der Waals surface area (Å²) < 4.78 is 1.68. The first-order chi connectivity index (χ1) is 13.8. The third-order valence-electron chi connectivity index (χ3n) is 4.57. The van der Waals surface area contributed by atoms with Crippen LogP contribution in [0.25, 0.3) is 10.9 Å². The molecule has 0 radical (unpaired) electrons. The van der Waals surface area contributed by atoms with Crippen molar-refractivity contribution in [2.24, 2.45) is 5.92 Å². The summed E-state index contributed by atoms with van der Waals surface area (Å²) in [7, 11) is 0. The van der Waals surface area contributed by atoms with Crippen LogP contribution in [0.2, 0.25) is 0 Å². The maximum Gasteiger partial charge on any atom is 0.262 e. The van der Waals surface area contributed by atoms with Crippen LogP contribution in [-0.2, 0) is 11.3 Å². The molecule has 6 heteroatoms. The molecule has 0 saturated carbocycles. The number of fused-ring (bicyclic) bond motifs is 1. The zero-order valence-electron chi connectivity index (χ0n) is 17.3. The highest BCUT2D eigenvalue weighted by atomic mass is 32.2. The van der Waals surface area contributed by atoms with E-state index in [1.54, 1.807) is 10.6 Å². The van der Waals surface area contributed by atoms with Crippen molar-refractivity contribution in [1.82, 2.24) is 9.55 Å². The van der Waals surface area contributed by atoms with Gasteiger partial charge in [0.05, 0.1) is 16.7 Å². The summed E-state index contributed by atoms with van der Waals surface area (Å²) >= 11 is 1.29. The summed E-state index contributed by atoms with van der Waals surface area (Å²) in [5, 5.41) is 4.10. The van der Waals surface area contributed by atoms with Crippen LogP contribution in [0, 0.1) is 5.92 Å². The normalized spacial score (nSPS) is 11.4. The van der Waals surface area contributed by atoms with Gasteiger partial charge in [0.1, 0.15) is 0 Å². The lowest BCUT2D eigenvalue weighted by Gasteiger charge is -2.15. The van der Waals surface area contributed by atoms with Crippen molar-refractivity contribution in [1.29, 1.82) is 0 Å². The second kappa shape index (κ2) is 9.27. The number of nitrogens with zero attached hydrogens (tertiary/aromatic N) is 2. The van der Waals surface area contributed by atoms with Crippen LogP contribution in [0.1, 0.15) is 39.2 Å². The molecular weight excluding hydrogens is 382 g/mol. The van der Waals surface area contributed by atoms with Gasteiger partial charge >= 0.3 is 0 Å². The van der Waals surface area contributed by atoms with E-state index in [1.807, 2.05) is 42.5 Å². The first-order valence-electron chi connectivity index (χ1n) is 9.87. The number of nitrogens with one attached hydrogen (secondary N) is 1. The monoisotopic (exact) mass is 409 g/mol. The average Bonchev–Trinajstić information content (AvgIpc) is 2.69. The van der Waals surface area contributed by atoms with Crippen molar-refractivity contribution in [3.63, 3.8) is 0 Å². The number of anilines is 1. The van der Waals surface area contributed by atoms with Crippen LogP contribution < -0.4 is 10.9 Å². The maximum absolute atomic E-state index is 12.9. The zero-order valence-corrected chi connectivity index (χ0v) is 18.1. The first kappa shape index (κ1) is 21.1. The molecule has 0 saturated heterocycles. The minimum absolute atomic E-state index is 0.0588. The molecular formula is C23H27N3O2S. The summed E-state index contributed by atoms with van der Waals surface area (Å²) in [5.74, 6) is 0.815. The number of benzene rings is 2. The molecule has 1 aromatic heterocycles. The van der Waals surface area contributed by atoms with E-state index in [2.05, 4.69) is 38.0 Å². The largest absolute Gasteiger partial charge is 0.325 e. The Hall–Kier alpha value is -2.60. The Kier molecular flexibility index (Phi) is 6.75. The van der Waals surface area contributed by atoms with Gasteiger partial charge in [-0.3, -0.25) is 14.2 Å². The van der Waals surface area contributed by atoms with Crippen molar-refractivity contribution >= 4 is 34.3 Å². The second-order valence-electron chi connectivity index (χ2n) is 7.83. The fourth-order valence-corrected chi connectivity index (χ4v) is 3.87. The quantitative estimate of drug-likeness (QED) is 0.445. The Morgan fingerprint density at radius 1 is 1.07 bits per heavy atom. The van der Waals surface area contributed by atoms with E-state index < -0.39 is 0 Å². The molecule has 0 aliphatic heterocycles. The third-order valence-corrected chi connectivity index (χ3v) is 5.54. The van der Waals surface area contributed by atoms with Gasteiger partial charge in [-0.2, -0.15) is 0 Å². The van der Waals surface area contributed by atoms with Crippen LogP contribution in [0.4, 0.5) is 5.69 Å². The van der Waals surface area contributed by atoms with Crippen molar-refractivity contribution < 1.29 is 4.79 Å². The molecule has 29 heavy (non-hydrogen) atoms. The number of carbonyl (C=O) groups is 1. The fraction of sp³-hybridized carbons (Fsp3) is 0.348. The molecule has 0 unspecified atom stereocenters. The summed E-state index contributed by atoms with van der Waals surface area (Å²) in [6.07, 6.45) is 0. The number of amides is 1. The Labute approximate surface area is 175 Å². The lowest BCUT2D eigenvalue weighted by atomic mass is 10.0. The second-order valence-corrected chi connectivity index (χ2v) is 8.78. The molecule has 0 aliphatic carbocycles. The van der Waals surface area contributed by atoms with Gasteiger partial charge in [-0.25, -0.2) is 4.98 Å². The highest BCUT2D eigenvalue weighted by molar-refractivity contribution is 7.99. The lowest BCUT2D eigenvalue weighted by molar-refractivity contribution is -0.113. The third kappa shape index (κ3) is 5.26. The van der Waals surface area contributed by atoms with E-state index in [9.17, 15) is 9.59 Å². The topological polar surface area (TPSA) is 64.0 Å². The molecule has 0 spiro atoms. The molecule has 0 fully saturated rings. The Balaban J connectivity index is 1.76. The number of carbonyl (C=O) groups excluding carboxylic acids is 1. The van der Waals surface area contributed by atoms with Gasteiger partial charge in [-0.05, 0) is 41.7 Å². The summed E-state index contributed by atoms with van der Waals surface area (Å²) in [6, 6.07) is 15.2. The van der Waals surface area contributed by atoms with Gasteiger partial charge in [0.15, 0.2) is 5.16 Å². The summed E-state index contributed by atoms with van der Waals surface area (Å²) in [6.45, 7) is 8.96. The molecule has 5 nitrogen and oxygen atoms in total. The molecule has 3 rings (SSSR count). The predicted molar refractivity (Wildman–Crippen MR) is 121 cm³/mol. The van der Waals surface area contributed by atoms with Gasteiger partial charge in [0.25, 0.3) is 5.56 Å². The van der Waals surface area contributed by atoms with Gasteiger partial charge in [0, 0.05) is 12.2 Å². The van der Waals surface area contributed by atoms with Crippen molar-refractivity contribution in [3.05, 3.63) is 64.4 Å².